The quantitative estimate of drug-likeness (QED) is 0.604. The second kappa shape index (κ2) is 6.35. The van der Waals surface area contributed by atoms with Crippen LogP contribution >= 0.6 is 0 Å². The van der Waals surface area contributed by atoms with E-state index in [9.17, 15) is 10.1 Å². The van der Waals surface area contributed by atoms with Crippen molar-refractivity contribution in [2.24, 2.45) is 0 Å². The molecule has 0 atom stereocenters. The minimum Gasteiger partial charge on any atom is -0.490 e. The molecule has 2 aromatic carbocycles. The summed E-state index contributed by atoms with van der Waals surface area (Å²) in [5, 5.41) is 10.5. The van der Waals surface area contributed by atoms with Crippen molar-refractivity contribution < 1.29 is 9.66 Å². The Bertz CT molecular complexity index is 562. The van der Waals surface area contributed by atoms with Gasteiger partial charge in [-0.25, -0.2) is 0 Å². The molecule has 0 saturated carbocycles. The Morgan fingerprint density at radius 2 is 1.74 bits per heavy atom. The number of hydrogen-bond acceptors (Lipinski definition) is 3. The molecule has 4 heteroatoms. The molecule has 0 bridgehead atoms. The van der Waals surface area contributed by atoms with Crippen molar-refractivity contribution in [2.45, 2.75) is 0 Å². The molecule has 2 rings (SSSR count). The second-order valence-corrected chi connectivity index (χ2v) is 3.88. The van der Waals surface area contributed by atoms with E-state index in [1.165, 1.54) is 12.1 Å². The Morgan fingerprint density at radius 3 is 2.37 bits per heavy atom. The molecule has 0 fully saturated rings. The maximum Gasteiger partial charge on any atom is 0.269 e. The first-order valence-corrected chi connectivity index (χ1v) is 5.84. The maximum atomic E-state index is 10.5. The van der Waals surface area contributed by atoms with Crippen LogP contribution in [0.3, 0.4) is 0 Å². The van der Waals surface area contributed by atoms with Crippen LogP contribution in [-0.2, 0) is 0 Å². The lowest BCUT2D eigenvalue weighted by atomic mass is 10.2. The predicted octanol–water partition coefficient (Wildman–Crippen LogP) is 3.69. The van der Waals surface area contributed by atoms with Crippen molar-refractivity contribution in [1.82, 2.24) is 0 Å². The summed E-state index contributed by atoms with van der Waals surface area (Å²) in [7, 11) is 0. The van der Waals surface area contributed by atoms with E-state index in [2.05, 4.69) is 0 Å². The molecule has 96 valence electrons. The Hall–Kier alpha value is -2.62. The molecule has 0 aliphatic heterocycles. The molecule has 0 unspecified atom stereocenters. The van der Waals surface area contributed by atoms with E-state index >= 15 is 0 Å². The number of hydrogen-bond donors (Lipinski definition) is 0. The monoisotopic (exact) mass is 255 g/mol. The molecule has 0 saturated heterocycles. The van der Waals surface area contributed by atoms with Crippen LogP contribution in [0.2, 0.25) is 0 Å². The Morgan fingerprint density at radius 1 is 1.05 bits per heavy atom. The standard InChI is InChI=1S/C15H13NO3/c17-16(18)14-10-8-13(9-11-14)5-4-12-19-15-6-2-1-3-7-15/h1-11H,12H2/b5-4+. The van der Waals surface area contributed by atoms with Crippen molar-refractivity contribution in [3.63, 3.8) is 0 Å². The summed E-state index contributed by atoms with van der Waals surface area (Å²) >= 11 is 0. The van der Waals surface area contributed by atoms with E-state index in [-0.39, 0.29) is 5.69 Å². The highest BCUT2D eigenvalue weighted by Gasteiger charge is 2.01. The first-order chi connectivity index (χ1) is 9.25. The zero-order valence-corrected chi connectivity index (χ0v) is 10.2. The zero-order chi connectivity index (χ0) is 13.5. The summed E-state index contributed by atoms with van der Waals surface area (Å²) in [5.74, 6) is 0.816. The van der Waals surface area contributed by atoms with Gasteiger partial charge in [0, 0.05) is 12.1 Å². The van der Waals surface area contributed by atoms with E-state index in [1.807, 2.05) is 42.5 Å². The van der Waals surface area contributed by atoms with Gasteiger partial charge in [0.1, 0.15) is 12.4 Å². The minimum absolute atomic E-state index is 0.0951. The van der Waals surface area contributed by atoms with E-state index in [0.717, 1.165) is 11.3 Å². The highest BCUT2D eigenvalue weighted by atomic mass is 16.6. The van der Waals surface area contributed by atoms with Crippen molar-refractivity contribution in [3.8, 4) is 5.75 Å². The number of para-hydroxylation sites is 1. The van der Waals surface area contributed by atoms with Crippen molar-refractivity contribution in [3.05, 3.63) is 76.4 Å². The van der Waals surface area contributed by atoms with E-state index in [1.54, 1.807) is 12.1 Å². The predicted molar refractivity (Wildman–Crippen MR) is 74.1 cm³/mol. The third-order valence-corrected chi connectivity index (χ3v) is 2.50. The van der Waals surface area contributed by atoms with Gasteiger partial charge in [-0.1, -0.05) is 24.3 Å². The van der Waals surface area contributed by atoms with Gasteiger partial charge >= 0.3 is 0 Å². The molecule has 0 heterocycles. The normalized spacial score (nSPS) is 10.5. The van der Waals surface area contributed by atoms with Gasteiger partial charge < -0.3 is 4.74 Å². The summed E-state index contributed by atoms with van der Waals surface area (Å²) in [6.45, 7) is 0.459. The molecule has 0 amide bonds. The summed E-state index contributed by atoms with van der Waals surface area (Å²) in [6, 6.07) is 15.9. The molecule has 4 nitrogen and oxygen atoms in total. The van der Waals surface area contributed by atoms with Crippen LogP contribution in [0.1, 0.15) is 5.56 Å². The topological polar surface area (TPSA) is 52.4 Å². The van der Waals surface area contributed by atoms with Crippen LogP contribution in [0.5, 0.6) is 5.75 Å². The third-order valence-electron chi connectivity index (χ3n) is 2.50. The van der Waals surface area contributed by atoms with Gasteiger partial charge in [-0.2, -0.15) is 0 Å². The summed E-state index contributed by atoms with van der Waals surface area (Å²) in [6.07, 6.45) is 3.74. The Balaban J connectivity index is 1.87. The molecule has 19 heavy (non-hydrogen) atoms. The summed E-state index contributed by atoms with van der Waals surface area (Å²) < 4.78 is 5.49. The number of nitrogens with zero attached hydrogens (tertiary/aromatic N) is 1. The van der Waals surface area contributed by atoms with E-state index in [4.69, 9.17) is 4.74 Å². The first kappa shape index (κ1) is 12.8. The number of ether oxygens (including phenoxy) is 1. The number of rotatable bonds is 5. The SMILES string of the molecule is O=[N+]([O-])c1ccc(/C=C/COc2ccccc2)cc1. The lowest BCUT2D eigenvalue weighted by Crippen LogP contribution is -1.92. The smallest absolute Gasteiger partial charge is 0.269 e. The molecule has 0 spiro atoms. The lowest BCUT2D eigenvalue weighted by molar-refractivity contribution is -0.384. The molecule has 2 aromatic rings. The van der Waals surface area contributed by atoms with Gasteiger partial charge in [0.15, 0.2) is 0 Å². The van der Waals surface area contributed by atoms with Gasteiger partial charge in [-0.05, 0) is 35.9 Å². The Kier molecular flexibility index (Phi) is 4.29. The van der Waals surface area contributed by atoms with Crippen LogP contribution in [0.15, 0.2) is 60.7 Å². The van der Waals surface area contributed by atoms with Crippen molar-refractivity contribution in [1.29, 1.82) is 0 Å². The number of benzene rings is 2. The van der Waals surface area contributed by atoms with Gasteiger partial charge in [0.25, 0.3) is 5.69 Å². The van der Waals surface area contributed by atoms with Gasteiger partial charge in [0.05, 0.1) is 4.92 Å². The maximum absolute atomic E-state index is 10.5. The molecule has 0 N–H and O–H groups in total. The molecule has 0 radical (unpaired) electrons. The summed E-state index contributed by atoms with van der Waals surface area (Å²) in [4.78, 5) is 10.1. The first-order valence-electron chi connectivity index (χ1n) is 5.84. The average molecular weight is 255 g/mol. The van der Waals surface area contributed by atoms with Crippen molar-refractivity contribution >= 4 is 11.8 Å². The van der Waals surface area contributed by atoms with Crippen molar-refractivity contribution in [2.75, 3.05) is 6.61 Å². The molecule has 0 aliphatic carbocycles. The van der Waals surface area contributed by atoms with Crippen LogP contribution in [0.4, 0.5) is 5.69 Å². The second-order valence-electron chi connectivity index (χ2n) is 3.88. The molecule has 0 aromatic heterocycles. The molecular formula is C15H13NO3. The fourth-order valence-electron chi connectivity index (χ4n) is 1.55. The van der Waals surface area contributed by atoms with E-state index < -0.39 is 4.92 Å². The third kappa shape index (κ3) is 3.96. The molecular weight excluding hydrogens is 242 g/mol. The fourth-order valence-corrected chi connectivity index (χ4v) is 1.55. The summed E-state index contributed by atoms with van der Waals surface area (Å²) in [5.41, 5.74) is 1.000. The largest absolute Gasteiger partial charge is 0.490 e. The minimum atomic E-state index is -0.411. The average Bonchev–Trinajstić information content (AvgIpc) is 2.45. The van der Waals surface area contributed by atoms with Gasteiger partial charge in [-0.3, -0.25) is 10.1 Å². The highest BCUT2D eigenvalue weighted by Crippen LogP contribution is 2.13. The van der Waals surface area contributed by atoms with Gasteiger partial charge in [0.2, 0.25) is 0 Å². The number of nitro groups is 1. The van der Waals surface area contributed by atoms with Crippen LogP contribution in [0, 0.1) is 10.1 Å². The zero-order valence-electron chi connectivity index (χ0n) is 10.2. The van der Waals surface area contributed by atoms with Gasteiger partial charge in [-0.15, -0.1) is 0 Å². The number of non-ortho nitro benzene ring substituents is 1. The fraction of sp³-hybridized carbons (Fsp3) is 0.0667. The van der Waals surface area contributed by atoms with E-state index in [0.29, 0.717) is 6.61 Å². The highest BCUT2D eigenvalue weighted by molar-refractivity contribution is 5.51. The Labute approximate surface area is 111 Å². The van der Waals surface area contributed by atoms with Crippen LogP contribution in [0.25, 0.3) is 6.08 Å². The number of nitro benzene ring substituents is 1. The lowest BCUT2D eigenvalue weighted by Gasteiger charge is -2.01. The van der Waals surface area contributed by atoms with Crippen LogP contribution < -0.4 is 4.74 Å². The molecule has 0 aliphatic rings. The van der Waals surface area contributed by atoms with Crippen LogP contribution in [-0.4, -0.2) is 11.5 Å².